The van der Waals surface area contributed by atoms with E-state index in [0.29, 0.717) is 25.3 Å². The molecule has 35 heavy (non-hydrogen) atoms. The molecule has 2 N–H and O–H groups in total. The van der Waals surface area contributed by atoms with Gasteiger partial charge in [0.2, 0.25) is 11.8 Å². The van der Waals surface area contributed by atoms with Gasteiger partial charge in [0.25, 0.3) is 0 Å². The molecule has 0 radical (unpaired) electrons. The molecular weight excluding hydrogens is 438 g/mol. The highest BCUT2D eigenvalue weighted by Crippen LogP contribution is 2.36. The number of nitrogens with zero attached hydrogens (tertiary/aromatic N) is 2. The summed E-state index contributed by atoms with van der Waals surface area (Å²) in [5.74, 6) is 1.50. The van der Waals surface area contributed by atoms with Crippen LogP contribution in [0.3, 0.4) is 0 Å². The standard InChI is InChI=1S/C29H29N3O3/c1-19-27(21-8-4-3-5-9-21)35-28(31-19)26-17-22-10-6-7-11-23(22)18-32(26)29(34)25(30-2)16-20-12-14-24(33)15-13-20/h3-15,25-26,30,33H,16-18H2,1-2H3/t25-,26-/m0/s1. The number of amides is 1. The molecule has 178 valence electrons. The highest BCUT2D eigenvalue weighted by atomic mass is 16.4. The lowest BCUT2D eigenvalue weighted by Crippen LogP contribution is -2.49. The molecule has 0 saturated heterocycles. The normalized spacial score (nSPS) is 16.1. The van der Waals surface area contributed by atoms with Crippen LogP contribution >= 0.6 is 0 Å². The van der Waals surface area contributed by atoms with Crippen molar-refractivity contribution in [3.63, 3.8) is 0 Å². The Morgan fingerprint density at radius 3 is 2.46 bits per heavy atom. The van der Waals surface area contributed by atoms with Crippen LogP contribution in [0.4, 0.5) is 0 Å². The molecule has 6 heteroatoms. The van der Waals surface area contributed by atoms with Crippen molar-refractivity contribution in [3.05, 3.63) is 107 Å². The van der Waals surface area contributed by atoms with E-state index < -0.39 is 6.04 Å². The number of oxazole rings is 1. The van der Waals surface area contributed by atoms with Crippen LogP contribution in [0.2, 0.25) is 0 Å². The third kappa shape index (κ3) is 4.70. The first-order chi connectivity index (χ1) is 17.0. The topological polar surface area (TPSA) is 78.6 Å². The lowest BCUT2D eigenvalue weighted by atomic mass is 9.92. The Kier molecular flexibility index (Phi) is 6.38. The number of benzene rings is 3. The molecule has 0 unspecified atom stereocenters. The number of aromatic nitrogens is 1. The maximum Gasteiger partial charge on any atom is 0.241 e. The van der Waals surface area contributed by atoms with Crippen molar-refractivity contribution in [2.45, 2.75) is 38.4 Å². The monoisotopic (exact) mass is 467 g/mol. The van der Waals surface area contributed by atoms with Gasteiger partial charge in [-0.1, -0.05) is 66.7 Å². The van der Waals surface area contributed by atoms with Gasteiger partial charge in [0.1, 0.15) is 11.8 Å². The summed E-state index contributed by atoms with van der Waals surface area (Å²) >= 11 is 0. The fourth-order valence-corrected chi connectivity index (χ4v) is 4.77. The molecule has 0 spiro atoms. The predicted octanol–water partition coefficient (Wildman–Crippen LogP) is 4.81. The number of aryl methyl sites for hydroxylation is 1. The van der Waals surface area contributed by atoms with Gasteiger partial charge in [-0.2, -0.15) is 0 Å². The minimum Gasteiger partial charge on any atom is -0.508 e. The Bertz CT molecular complexity index is 1310. The van der Waals surface area contributed by atoms with Crippen LogP contribution in [0.1, 0.15) is 34.3 Å². The number of fused-ring (bicyclic) bond motifs is 1. The predicted molar refractivity (Wildman–Crippen MR) is 135 cm³/mol. The molecule has 2 heterocycles. The number of nitrogens with one attached hydrogen (secondary N) is 1. The summed E-state index contributed by atoms with van der Waals surface area (Å²) in [7, 11) is 1.80. The molecule has 6 nitrogen and oxygen atoms in total. The Hall–Kier alpha value is -3.90. The summed E-state index contributed by atoms with van der Waals surface area (Å²) in [5, 5.41) is 12.8. The van der Waals surface area contributed by atoms with Crippen LogP contribution in [0.5, 0.6) is 5.75 Å². The molecular formula is C29H29N3O3. The van der Waals surface area contributed by atoms with Gasteiger partial charge in [-0.15, -0.1) is 0 Å². The summed E-state index contributed by atoms with van der Waals surface area (Å²) in [4.78, 5) is 20.6. The fourth-order valence-electron chi connectivity index (χ4n) is 4.77. The van der Waals surface area contributed by atoms with Gasteiger partial charge in [0.05, 0.1) is 11.7 Å². The van der Waals surface area contributed by atoms with Gasteiger partial charge in [0.15, 0.2) is 5.76 Å². The van der Waals surface area contributed by atoms with E-state index in [0.717, 1.165) is 28.1 Å². The zero-order valence-corrected chi connectivity index (χ0v) is 19.9. The summed E-state index contributed by atoms with van der Waals surface area (Å²) in [6.07, 6.45) is 1.16. The maximum atomic E-state index is 13.9. The van der Waals surface area contributed by atoms with Crippen molar-refractivity contribution in [1.29, 1.82) is 0 Å². The summed E-state index contributed by atoms with van der Waals surface area (Å²) < 4.78 is 6.33. The van der Waals surface area contributed by atoms with E-state index in [1.165, 1.54) is 5.56 Å². The highest BCUT2D eigenvalue weighted by molar-refractivity contribution is 5.83. The third-order valence-electron chi connectivity index (χ3n) is 6.69. The average molecular weight is 468 g/mol. The van der Waals surface area contributed by atoms with Crippen molar-refractivity contribution in [2.24, 2.45) is 0 Å². The second-order valence-corrected chi connectivity index (χ2v) is 9.00. The summed E-state index contributed by atoms with van der Waals surface area (Å²) in [5.41, 5.74) is 5.11. The highest BCUT2D eigenvalue weighted by Gasteiger charge is 2.37. The lowest BCUT2D eigenvalue weighted by molar-refractivity contribution is -0.137. The largest absolute Gasteiger partial charge is 0.508 e. The van der Waals surface area contributed by atoms with Gasteiger partial charge in [-0.3, -0.25) is 4.79 Å². The Morgan fingerprint density at radius 2 is 1.74 bits per heavy atom. The number of phenolic OH excluding ortho intramolecular Hbond substituents is 1. The van der Waals surface area contributed by atoms with E-state index in [1.807, 2.05) is 66.4 Å². The van der Waals surface area contributed by atoms with Crippen LogP contribution in [-0.4, -0.2) is 34.0 Å². The first-order valence-corrected chi connectivity index (χ1v) is 11.9. The number of hydrogen-bond donors (Lipinski definition) is 2. The molecule has 0 aliphatic carbocycles. The van der Waals surface area contributed by atoms with E-state index >= 15 is 0 Å². The second kappa shape index (κ2) is 9.76. The van der Waals surface area contributed by atoms with Gasteiger partial charge < -0.3 is 19.7 Å². The van der Waals surface area contributed by atoms with E-state index in [1.54, 1.807) is 19.2 Å². The fraction of sp³-hybridized carbons (Fsp3) is 0.241. The minimum atomic E-state index is -0.419. The molecule has 1 aromatic heterocycles. The first kappa shape index (κ1) is 22.9. The molecule has 0 saturated carbocycles. The van der Waals surface area contributed by atoms with Crippen molar-refractivity contribution in [2.75, 3.05) is 7.05 Å². The van der Waals surface area contributed by atoms with Crippen LogP contribution in [0.15, 0.2) is 83.3 Å². The van der Waals surface area contributed by atoms with E-state index in [2.05, 4.69) is 17.4 Å². The lowest BCUT2D eigenvalue weighted by Gasteiger charge is -2.37. The SMILES string of the molecule is CN[C@@H](Cc1ccc(O)cc1)C(=O)N1Cc2ccccc2C[C@H]1c1nc(C)c(-c2ccccc2)o1. The molecule has 1 aliphatic rings. The average Bonchev–Trinajstić information content (AvgIpc) is 3.29. The van der Waals surface area contributed by atoms with Gasteiger partial charge in [0, 0.05) is 18.5 Å². The van der Waals surface area contributed by atoms with Crippen LogP contribution < -0.4 is 5.32 Å². The van der Waals surface area contributed by atoms with Crippen molar-refractivity contribution in [3.8, 4) is 17.1 Å². The van der Waals surface area contributed by atoms with Gasteiger partial charge in [-0.05, 0) is 49.2 Å². The van der Waals surface area contributed by atoms with E-state index in [9.17, 15) is 9.90 Å². The molecule has 3 aromatic carbocycles. The molecule has 1 amide bonds. The summed E-state index contributed by atoms with van der Waals surface area (Å²) in [6, 6.07) is 24.4. The Morgan fingerprint density at radius 1 is 1.06 bits per heavy atom. The number of rotatable bonds is 6. The van der Waals surface area contributed by atoms with Crippen molar-refractivity contribution < 1.29 is 14.3 Å². The molecule has 0 fully saturated rings. The Balaban J connectivity index is 1.49. The number of aromatic hydroxyl groups is 1. The van der Waals surface area contributed by atoms with Gasteiger partial charge in [-0.25, -0.2) is 4.98 Å². The quantitative estimate of drug-likeness (QED) is 0.425. The Labute approximate surface area is 205 Å². The smallest absolute Gasteiger partial charge is 0.241 e. The van der Waals surface area contributed by atoms with Crippen LogP contribution in [0.25, 0.3) is 11.3 Å². The van der Waals surface area contributed by atoms with Crippen LogP contribution in [0, 0.1) is 6.92 Å². The second-order valence-electron chi connectivity index (χ2n) is 9.00. The minimum absolute atomic E-state index is 0.00260. The molecule has 0 bridgehead atoms. The van der Waals surface area contributed by atoms with Crippen LogP contribution in [-0.2, 0) is 24.2 Å². The van der Waals surface area contributed by atoms with E-state index in [-0.39, 0.29) is 17.7 Å². The van der Waals surface area contributed by atoms with Crippen molar-refractivity contribution >= 4 is 5.91 Å². The number of carbonyl (C=O) groups excluding carboxylic acids is 1. The van der Waals surface area contributed by atoms with Crippen molar-refractivity contribution in [1.82, 2.24) is 15.2 Å². The maximum absolute atomic E-state index is 13.9. The number of phenols is 1. The third-order valence-corrected chi connectivity index (χ3v) is 6.69. The summed E-state index contributed by atoms with van der Waals surface area (Å²) in [6.45, 7) is 2.44. The molecule has 5 rings (SSSR count). The van der Waals surface area contributed by atoms with E-state index in [4.69, 9.17) is 9.40 Å². The molecule has 2 atom stereocenters. The van der Waals surface area contributed by atoms with Gasteiger partial charge >= 0.3 is 0 Å². The molecule has 4 aromatic rings. The number of carbonyl (C=O) groups is 1. The zero-order valence-electron chi connectivity index (χ0n) is 19.9. The first-order valence-electron chi connectivity index (χ1n) is 11.9. The molecule has 1 aliphatic heterocycles. The number of likely N-dealkylation sites (N-methyl/N-ethyl adjacent to an activating group) is 1. The number of hydrogen-bond acceptors (Lipinski definition) is 5. The zero-order chi connectivity index (χ0) is 24.4.